The minimum atomic E-state index is -3.24. The second-order valence-electron chi connectivity index (χ2n) is 8.39. The van der Waals surface area contributed by atoms with Crippen LogP contribution in [0.15, 0.2) is 89.8 Å². The first kappa shape index (κ1) is 20.3. The van der Waals surface area contributed by atoms with Gasteiger partial charge in [-0.15, -0.1) is 0 Å². The number of hydrogen-bond acceptors (Lipinski definition) is 3. The third-order valence-electron chi connectivity index (χ3n) is 5.95. The van der Waals surface area contributed by atoms with Crippen LogP contribution >= 0.6 is 0 Å². The Morgan fingerprint density at radius 1 is 0.800 bits per heavy atom. The number of hydrogen-bond donors (Lipinski definition) is 1. The highest BCUT2D eigenvalue weighted by molar-refractivity contribution is 7.90. The molecule has 3 aromatic rings. The van der Waals surface area contributed by atoms with E-state index in [2.05, 4.69) is 26.0 Å². The van der Waals surface area contributed by atoms with Gasteiger partial charge in [0, 0.05) is 23.3 Å². The van der Waals surface area contributed by atoms with Gasteiger partial charge in [-0.3, -0.25) is 0 Å². The second kappa shape index (κ2) is 7.37. The molecule has 1 atom stereocenters. The Labute approximate surface area is 178 Å². The average Bonchev–Trinajstić information content (AvgIpc) is 2.73. The van der Waals surface area contributed by atoms with Crippen molar-refractivity contribution in [2.24, 2.45) is 11.3 Å². The molecule has 4 heteroatoms. The fourth-order valence-electron chi connectivity index (χ4n) is 4.53. The molecule has 0 fully saturated rings. The van der Waals surface area contributed by atoms with Gasteiger partial charge in [-0.1, -0.05) is 86.6 Å². The van der Waals surface area contributed by atoms with Crippen LogP contribution in [0.5, 0.6) is 0 Å². The smallest absolute Gasteiger partial charge is 0.175 e. The van der Waals surface area contributed by atoms with Crippen LogP contribution in [0.4, 0.5) is 0 Å². The summed E-state index contributed by atoms with van der Waals surface area (Å²) in [7, 11) is -3.24. The molecule has 1 N–H and O–H groups in total. The second-order valence-corrected chi connectivity index (χ2v) is 10.4. The molecule has 30 heavy (non-hydrogen) atoms. The molecule has 0 saturated carbocycles. The molecule has 0 saturated heterocycles. The van der Waals surface area contributed by atoms with Gasteiger partial charge in [-0.2, -0.15) is 0 Å². The lowest BCUT2D eigenvalue weighted by molar-refractivity contribution is 0.413. The summed E-state index contributed by atoms with van der Waals surface area (Å²) < 4.78 is 23.7. The Balaban J connectivity index is 1.88. The van der Waals surface area contributed by atoms with Crippen LogP contribution in [0.1, 0.15) is 30.5 Å². The van der Waals surface area contributed by atoms with Crippen molar-refractivity contribution >= 4 is 26.7 Å². The number of sulfone groups is 1. The molecule has 0 heterocycles. The van der Waals surface area contributed by atoms with E-state index in [4.69, 9.17) is 5.41 Å². The molecule has 1 unspecified atom stereocenters. The van der Waals surface area contributed by atoms with Gasteiger partial charge in [-0.25, -0.2) is 8.42 Å². The normalized spacial score (nSPS) is 18.0. The van der Waals surface area contributed by atoms with E-state index in [0.29, 0.717) is 10.6 Å². The lowest BCUT2D eigenvalue weighted by atomic mass is 9.53. The molecule has 0 radical (unpaired) electrons. The zero-order valence-corrected chi connectivity index (χ0v) is 18.2. The summed E-state index contributed by atoms with van der Waals surface area (Å²) in [5.41, 5.74) is 5.69. The zero-order valence-electron chi connectivity index (χ0n) is 17.4. The topological polar surface area (TPSA) is 58.0 Å². The molecule has 3 nitrogen and oxygen atoms in total. The number of rotatable bonds is 5. The standard InChI is InChI=1S/C26H25NO2S/c1-26(2)23(19-14-16-21(17-15-19)30(3,28)29)22(18-10-6-4-7-11-18)24(26)25(27)20-12-8-5-9-13-20/h4-17,24,27H,1-3H3. The number of benzene rings is 3. The van der Waals surface area contributed by atoms with Crippen molar-refractivity contribution in [3.8, 4) is 0 Å². The third kappa shape index (κ3) is 3.41. The van der Waals surface area contributed by atoms with E-state index in [1.54, 1.807) is 12.1 Å². The van der Waals surface area contributed by atoms with E-state index in [9.17, 15) is 8.42 Å². The van der Waals surface area contributed by atoms with Crippen LogP contribution in [0, 0.1) is 16.7 Å². The predicted molar refractivity (Wildman–Crippen MR) is 123 cm³/mol. The van der Waals surface area contributed by atoms with Crippen molar-refractivity contribution in [2.45, 2.75) is 18.7 Å². The first-order valence-electron chi connectivity index (χ1n) is 9.95. The minimum absolute atomic E-state index is 0.0492. The Morgan fingerprint density at radius 2 is 1.33 bits per heavy atom. The van der Waals surface area contributed by atoms with Crippen molar-refractivity contribution in [2.75, 3.05) is 6.26 Å². The Kier molecular flexibility index (Phi) is 4.99. The van der Waals surface area contributed by atoms with Crippen LogP contribution in [-0.2, 0) is 9.84 Å². The molecule has 0 aromatic heterocycles. The zero-order chi connectivity index (χ0) is 21.5. The molecule has 0 spiro atoms. The molecule has 1 aliphatic rings. The largest absolute Gasteiger partial charge is 0.304 e. The fourth-order valence-corrected chi connectivity index (χ4v) is 5.16. The summed E-state index contributed by atoms with van der Waals surface area (Å²) in [6.07, 6.45) is 1.22. The maximum absolute atomic E-state index is 11.9. The highest BCUT2D eigenvalue weighted by Crippen LogP contribution is 2.60. The van der Waals surface area contributed by atoms with Crippen LogP contribution in [0.3, 0.4) is 0 Å². The molecule has 1 aliphatic carbocycles. The predicted octanol–water partition coefficient (Wildman–Crippen LogP) is 5.72. The first-order chi connectivity index (χ1) is 14.2. The van der Waals surface area contributed by atoms with Crippen molar-refractivity contribution in [3.05, 3.63) is 102 Å². The van der Waals surface area contributed by atoms with Crippen LogP contribution in [-0.4, -0.2) is 20.4 Å². The van der Waals surface area contributed by atoms with Crippen molar-refractivity contribution < 1.29 is 8.42 Å². The van der Waals surface area contributed by atoms with Gasteiger partial charge in [-0.05, 0) is 40.0 Å². The lowest BCUT2D eigenvalue weighted by Gasteiger charge is -2.50. The summed E-state index contributed by atoms with van der Waals surface area (Å²) >= 11 is 0. The van der Waals surface area contributed by atoms with E-state index in [-0.39, 0.29) is 11.3 Å². The van der Waals surface area contributed by atoms with E-state index in [0.717, 1.165) is 22.3 Å². The summed E-state index contributed by atoms with van der Waals surface area (Å²) in [5, 5.41) is 8.98. The van der Waals surface area contributed by atoms with Gasteiger partial charge < -0.3 is 5.41 Å². The maximum Gasteiger partial charge on any atom is 0.175 e. The van der Waals surface area contributed by atoms with E-state index < -0.39 is 9.84 Å². The Hall–Kier alpha value is -2.98. The third-order valence-corrected chi connectivity index (χ3v) is 7.08. The minimum Gasteiger partial charge on any atom is -0.304 e. The quantitative estimate of drug-likeness (QED) is 0.541. The maximum atomic E-state index is 11.9. The van der Waals surface area contributed by atoms with E-state index >= 15 is 0 Å². The number of nitrogens with one attached hydrogen (secondary N) is 1. The van der Waals surface area contributed by atoms with Gasteiger partial charge in [0.25, 0.3) is 0 Å². The van der Waals surface area contributed by atoms with Crippen molar-refractivity contribution in [1.82, 2.24) is 0 Å². The van der Waals surface area contributed by atoms with Crippen LogP contribution in [0.2, 0.25) is 0 Å². The fraction of sp³-hybridized carbons (Fsp3) is 0.192. The summed E-state index contributed by atoms with van der Waals surface area (Å²) in [6, 6.07) is 27.2. The molecule has 0 amide bonds. The SMILES string of the molecule is CC1(C)C(c2ccc(S(C)(=O)=O)cc2)=C(c2ccccc2)C1C(=N)c1ccccc1. The van der Waals surface area contributed by atoms with E-state index in [1.807, 2.05) is 60.7 Å². The highest BCUT2D eigenvalue weighted by Gasteiger charge is 2.50. The Morgan fingerprint density at radius 3 is 1.87 bits per heavy atom. The van der Waals surface area contributed by atoms with E-state index in [1.165, 1.54) is 11.8 Å². The van der Waals surface area contributed by atoms with Crippen molar-refractivity contribution in [3.63, 3.8) is 0 Å². The lowest BCUT2D eigenvalue weighted by Crippen LogP contribution is -2.42. The molecule has 152 valence electrons. The van der Waals surface area contributed by atoms with Gasteiger partial charge in [0.1, 0.15) is 0 Å². The number of allylic oxidation sites excluding steroid dienone is 2. The van der Waals surface area contributed by atoms with Gasteiger partial charge in [0.05, 0.1) is 4.90 Å². The highest BCUT2D eigenvalue weighted by atomic mass is 32.2. The summed E-state index contributed by atoms with van der Waals surface area (Å²) in [4.78, 5) is 0.318. The van der Waals surface area contributed by atoms with Gasteiger partial charge in [0.2, 0.25) is 0 Å². The van der Waals surface area contributed by atoms with Crippen molar-refractivity contribution in [1.29, 1.82) is 5.41 Å². The van der Waals surface area contributed by atoms with Gasteiger partial charge in [0.15, 0.2) is 9.84 Å². The monoisotopic (exact) mass is 415 g/mol. The Bertz CT molecular complexity index is 1220. The molecular formula is C26H25NO2S. The molecule has 4 rings (SSSR count). The van der Waals surface area contributed by atoms with Gasteiger partial charge >= 0.3 is 0 Å². The molecule has 0 bridgehead atoms. The first-order valence-corrected chi connectivity index (χ1v) is 11.8. The molecule has 3 aromatic carbocycles. The average molecular weight is 416 g/mol. The molecule has 0 aliphatic heterocycles. The summed E-state index contributed by atoms with van der Waals surface area (Å²) in [6.45, 7) is 4.34. The van der Waals surface area contributed by atoms with Crippen LogP contribution in [0.25, 0.3) is 11.1 Å². The molecular weight excluding hydrogens is 390 g/mol. The summed E-state index contributed by atoms with van der Waals surface area (Å²) in [5.74, 6) is -0.0492. The van der Waals surface area contributed by atoms with Crippen LogP contribution < -0.4 is 0 Å².